The number of unbranched alkanes of at least 4 members (excludes halogenated alkanes) is 27. The molecule has 3 aliphatic carbocycles. The van der Waals surface area contributed by atoms with Gasteiger partial charge in [-0.2, -0.15) is 0 Å². The summed E-state index contributed by atoms with van der Waals surface area (Å²) >= 11 is 0. The highest BCUT2D eigenvalue weighted by Gasteiger charge is 2.29. The fraction of sp³-hybridized carbons (Fsp3) is 0.623. The van der Waals surface area contributed by atoms with Crippen molar-refractivity contribution in [3.05, 3.63) is 237 Å². The monoisotopic (exact) mass is 1650 g/mol. The van der Waals surface area contributed by atoms with Crippen LogP contribution in [0.1, 0.15) is 426 Å². The molecule has 0 unspecified atom stereocenters. The van der Waals surface area contributed by atoms with Crippen molar-refractivity contribution in [2.75, 3.05) is 19.8 Å². The van der Waals surface area contributed by atoms with Crippen molar-refractivity contribution in [1.82, 2.24) is 0 Å². The summed E-state index contributed by atoms with van der Waals surface area (Å²) in [4.78, 5) is 36.1. The molecular formula is C114H182O6. The van der Waals surface area contributed by atoms with Crippen molar-refractivity contribution in [3.63, 3.8) is 0 Å². The number of carbonyl (C=O) groups excluding carboxylic acids is 3. The largest absolute Gasteiger partial charge is 0.461 e. The minimum atomic E-state index is -0.112. The molecule has 0 aromatic carbocycles. The normalized spacial score (nSPS) is 16.8. The third kappa shape index (κ3) is 63.2. The van der Waals surface area contributed by atoms with Gasteiger partial charge in [0.1, 0.15) is 19.8 Å². The smallest absolute Gasteiger partial charge is 0.306 e. The van der Waals surface area contributed by atoms with E-state index in [-0.39, 0.29) is 34.2 Å². The van der Waals surface area contributed by atoms with Gasteiger partial charge in [0.05, 0.1) is 0 Å². The predicted octanol–water partition coefficient (Wildman–Crippen LogP) is 35.8. The molecule has 0 aliphatic heterocycles. The Morgan fingerprint density at radius 3 is 0.800 bits per heavy atom. The van der Waals surface area contributed by atoms with Gasteiger partial charge in [0, 0.05) is 19.3 Å². The Bertz CT molecular complexity index is 3420. The lowest BCUT2D eigenvalue weighted by atomic mass is 9.72. The standard InChI is InChI=1S/2C38H62O2.C38H58O2/c3*1-7-8-9-10-11-12-13-14-15-16-17-18-19-20-21-27-37(39)40-32-30-34(3)25-22-24-33(2)28-29-36-35(4)26-23-31-38(36,5)6/h17-18,22,24-25,28-30H,7-16,19-21,23,26-27,31-32H2,1-6H3;11-12,22,24-25,28-30H,7-10,13-21,23,26-27,31-32H2,1-6H3;11-12,14-15,17-18,22,24-25,28-30H,7-10,13,16,19-21,23,26-27,31-32H2,1-6H3/b18-17+,25-22+,29-28+,33-24+,34-30+;12-11+,25-22+,29-28+,33-24+,34-30+;12-11+,15-14+,18-17+,25-22+,29-28+,33-24+,34-30+. The van der Waals surface area contributed by atoms with E-state index in [0.717, 1.165) is 80.9 Å². The lowest BCUT2D eigenvalue weighted by Gasteiger charge is -2.33. The van der Waals surface area contributed by atoms with E-state index in [9.17, 15) is 14.4 Å². The van der Waals surface area contributed by atoms with Crippen molar-refractivity contribution < 1.29 is 28.6 Å². The summed E-state index contributed by atoms with van der Waals surface area (Å²) in [6, 6.07) is 0. The molecule has 0 bridgehead atoms. The summed E-state index contributed by atoms with van der Waals surface area (Å²) < 4.78 is 16.2. The summed E-state index contributed by atoms with van der Waals surface area (Å²) in [5.74, 6) is -0.284. The molecule has 0 radical (unpaired) electrons. The second-order valence-corrected chi connectivity index (χ2v) is 36.8. The fourth-order valence-electron chi connectivity index (χ4n) is 15.6. The summed E-state index contributed by atoms with van der Waals surface area (Å²) in [6.45, 7) is 41.3. The molecule has 0 aromatic heterocycles. The maximum Gasteiger partial charge on any atom is 0.306 e. The highest BCUT2D eigenvalue weighted by atomic mass is 16.5. The van der Waals surface area contributed by atoms with E-state index in [2.05, 4.69) is 256 Å². The maximum absolute atomic E-state index is 12.0. The first-order chi connectivity index (χ1) is 57.8. The Labute approximate surface area is 741 Å². The quantitative estimate of drug-likeness (QED) is 0.0198. The first kappa shape index (κ1) is 111. The van der Waals surface area contributed by atoms with Crippen LogP contribution in [0.5, 0.6) is 0 Å². The van der Waals surface area contributed by atoms with E-state index in [4.69, 9.17) is 14.2 Å². The summed E-state index contributed by atoms with van der Waals surface area (Å²) in [7, 11) is 0. The van der Waals surface area contributed by atoms with E-state index < -0.39 is 0 Å². The second-order valence-electron chi connectivity index (χ2n) is 36.8. The van der Waals surface area contributed by atoms with Crippen LogP contribution in [0.4, 0.5) is 0 Å². The molecule has 3 aliphatic rings. The van der Waals surface area contributed by atoms with Gasteiger partial charge in [-0.3, -0.25) is 14.4 Å². The van der Waals surface area contributed by atoms with Gasteiger partial charge in [0.25, 0.3) is 0 Å². The van der Waals surface area contributed by atoms with Crippen LogP contribution in [0.25, 0.3) is 0 Å². The number of rotatable bonds is 61. The van der Waals surface area contributed by atoms with Gasteiger partial charge in [-0.05, 0) is 280 Å². The van der Waals surface area contributed by atoms with Crippen LogP contribution >= 0.6 is 0 Å². The average Bonchev–Trinajstić information content (AvgIpc) is 0.834. The van der Waals surface area contributed by atoms with Crippen LogP contribution in [0, 0.1) is 16.2 Å². The van der Waals surface area contributed by atoms with Crippen LogP contribution < -0.4 is 0 Å². The molecule has 0 fully saturated rings. The third-order valence-corrected chi connectivity index (χ3v) is 23.6. The van der Waals surface area contributed by atoms with Gasteiger partial charge < -0.3 is 14.2 Å². The van der Waals surface area contributed by atoms with Crippen LogP contribution in [0.2, 0.25) is 0 Å². The molecule has 0 saturated heterocycles. The lowest BCUT2D eigenvalue weighted by molar-refractivity contribution is -0.143. The van der Waals surface area contributed by atoms with Crippen LogP contribution in [-0.4, -0.2) is 37.7 Å². The van der Waals surface area contributed by atoms with Crippen molar-refractivity contribution in [2.45, 2.75) is 426 Å². The molecule has 0 atom stereocenters. The molecule has 0 saturated carbocycles. The van der Waals surface area contributed by atoms with Crippen LogP contribution in [0.15, 0.2) is 237 Å². The molecule has 674 valence electrons. The molecule has 0 N–H and O–H groups in total. The lowest BCUT2D eigenvalue weighted by Crippen LogP contribution is -2.19. The number of carbonyl (C=O) groups is 3. The molecule has 0 heterocycles. The Balaban J connectivity index is 0.000000900. The first-order valence-corrected chi connectivity index (χ1v) is 48.7. The fourth-order valence-corrected chi connectivity index (χ4v) is 15.6. The zero-order valence-corrected chi connectivity index (χ0v) is 81.0. The topological polar surface area (TPSA) is 78.9 Å². The number of allylic oxidation sites excluding steroid dienone is 37. The zero-order valence-electron chi connectivity index (χ0n) is 81.0. The van der Waals surface area contributed by atoms with Crippen molar-refractivity contribution in [2.24, 2.45) is 16.2 Å². The van der Waals surface area contributed by atoms with Crippen molar-refractivity contribution in [1.29, 1.82) is 0 Å². The molecule has 6 nitrogen and oxygen atoms in total. The molecular weight excluding hydrogens is 1470 g/mol. The zero-order chi connectivity index (χ0) is 88.4. The average molecular weight is 1650 g/mol. The Morgan fingerprint density at radius 2 is 0.517 bits per heavy atom. The SMILES string of the molecule is CCCCC/C=C/C/C=C/C/C=C/CCCCC(=O)OC/C=C(C)/C=C/C=C(C)/C=C/C1=C(C)CCCC1(C)C.CCCCC/C=C/CCCCCCCCCCC(=O)OC/C=C(C)/C=C/C=C(C)/C=C/C1=C(C)CCCC1(C)C.CCCCCCCCCCC/C=C/CCCCC(=O)OC/C=C(C)/C=C/C=C(C)/C=C/C1=C(C)CCCC1(C)C. The first-order valence-electron chi connectivity index (χ1n) is 48.7. The van der Waals surface area contributed by atoms with Crippen LogP contribution in [-0.2, 0) is 28.6 Å². The van der Waals surface area contributed by atoms with Gasteiger partial charge in [-0.25, -0.2) is 0 Å². The van der Waals surface area contributed by atoms with Gasteiger partial charge in [-0.15, -0.1) is 0 Å². The van der Waals surface area contributed by atoms with E-state index in [1.54, 1.807) is 0 Å². The third-order valence-electron chi connectivity index (χ3n) is 23.6. The Hall–Kier alpha value is -6.79. The van der Waals surface area contributed by atoms with E-state index in [1.807, 2.05) is 39.0 Å². The maximum atomic E-state index is 12.0. The second kappa shape index (κ2) is 73.7. The van der Waals surface area contributed by atoms with E-state index in [0.29, 0.717) is 39.1 Å². The van der Waals surface area contributed by atoms with Gasteiger partial charge in [0.15, 0.2) is 0 Å². The van der Waals surface area contributed by atoms with Gasteiger partial charge >= 0.3 is 17.9 Å². The molecule has 3 rings (SSSR count). The minimum Gasteiger partial charge on any atom is -0.461 e. The molecule has 120 heavy (non-hydrogen) atoms. The summed E-state index contributed by atoms with van der Waals surface area (Å²) in [5.41, 5.74) is 16.9. The number of ether oxygens (including phenoxy) is 3. The minimum absolute atomic E-state index is 0.0770. The molecule has 0 amide bonds. The Morgan fingerprint density at radius 1 is 0.292 bits per heavy atom. The highest BCUT2D eigenvalue weighted by molar-refractivity contribution is 5.70. The number of esters is 3. The molecule has 0 spiro atoms. The van der Waals surface area contributed by atoms with E-state index in [1.165, 1.54) is 268 Å². The Kier molecular flexibility index (Phi) is 68.3. The number of hydrogen-bond donors (Lipinski definition) is 0. The molecule has 0 aromatic rings. The van der Waals surface area contributed by atoms with E-state index >= 15 is 0 Å². The van der Waals surface area contributed by atoms with Gasteiger partial charge in [-0.1, -0.05) is 380 Å². The predicted molar refractivity (Wildman–Crippen MR) is 529 cm³/mol. The number of hydrogen-bond acceptors (Lipinski definition) is 6. The van der Waals surface area contributed by atoms with Crippen molar-refractivity contribution >= 4 is 17.9 Å². The highest BCUT2D eigenvalue weighted by Crippen LogP contribution is 2.43. The molecule has 6 heteroatoms. The summed E-state index contributed by atoms with van der Waals surface area (Å²) in [5, 5.41) is 0. The van der Waals surface area contributed by atoms with Crippen molar-refractivity contribution in [3.8, 4) is 0 Å². The summed E-state index contributed by atoms with van der Waals surface area (Å²) in [6.07, 6.45) is 117. The van der Waals surface area contributed by atoms with Crippen LogP contribution in [0.3, 0.4) is 0 Å². The van der Waals surface area contributed by atoms with Gasteiger partial charge in [0.2, 0.25) is 0 Å².